The first kappa shape index (κ1) is 28.8. The van der Waals surface area contributed by atoms with Crippen LogP contribution in [0, 0.1) is 0 Å². The highest BCUT2D eigenvalue weighted by Gasteiger charge is 2.29. The number of thiazole rings is 1. The summed E-state index contributed by atoms with van der Waals surface area (Å²) in [6, 6.07) is 18.1. The first-order chi connectivity index (χ1) is 19.0. The van der Waals surface area contributed by atoms with Crippen LogP contribution in [0.1, 0.15) is 24.3 Å². The van der Waals surface area contributed by atoms with Gasteiger partial charge in [-0.05, 0) is 42.5 Å². The Balaban J connectivity index is 1.57. The first-order valence-electron chi connectivity index (χ1n) is 12.6. The zero-order valence-electron chi connectivity index (χ0n) is 21.7. The van der Waals surface area contributed by atoms with Crippen LogP contribution in [0.5, 0.6) is 5.75 Å². The number of nitrogens with zero attached hydrogens (tertiary/aromatic N) is 2. The van der Waals surface area contributed by atoms with Crippen LogP contribution in [0.15, 0.2) is 64.5 Å². The van der Waals surface area contributed by atoms with Gasteiger partial charge in [-0.3, -0.25) is 9.11 Å². The van der Waals surface area contributed by atoms with Crippen LogP contribution >= 0.6 is 23.1 Å². The lowest BCUT2D eigenvalue weighted by atomic mass is 10.1. The molecule has 1 aliphatic heterocycles. The van der Waals surface area contributed by atoms with Crippen molar-refractivity contribution in [1.29, 1.82) is 0 Å². The third-order valence-electron chi connectivity index (χ3n) is 6.62. The lowest BCUT2D eigenvalue weighted by Crippen LogP contribution is -2.35. The van der Waals surface area contributed by atoms with E-state index in [-0.39, 0.29) is 17.9 Å². The van der Waals surface area contributed by atoms with Gasteiger partial charge in [-0.2, -0.15) is 21.4 Å². The summed E-state index contributed by atoms with van der Waals surface area (Å²) in [4.78, 5) is 3.05. The number of fused-ring (bicyclic) bond motifs is 4. The van der Waals surface area contributed by atoms with Crippen LogP contribution < -0.4 is 14.2 Å². The van der Waals surface area contributed by atoms with E-state index in [0.29, 0.717) is 31.7 Å². The fourth-order valence-corrected chi connectivity index (χ4v) is 8.20. The number of aromatic nitrogens is 1. The second-order valence-electron chi connectivity index (χ2n) is 9.43. The lowest BCUT2D eigenvalue weighted by molar-refractivity contribution is -0.668. The smallest absolute Gasteiger partial charge is 0.265 e. The van der Waals surface area contributed by atoms with E-state index in [1.165, 1.54) is 0 Å². The number of aryl methyl sites for hydroxylation is 1. The Morgan fingerprint density at radius 2 is 1.70 bits per heavy atom. The number of ether oxygens (including phenoxy) is 1. The van der Waals surface area contributed by atoms with E-state index in [9.17, 15) is 25.9 Å². The maximum Gasteiger partial charge on any atom is 0.265 e. The van der Waals surface area contributed by atoms with Gasteiger partial charge >= 0.3 is 0 Å². The molecule has 0 atom stereocenters. The molecular formula is C27H29N2O7S4+. The summed E-state index contributed by atoms with van der Waals surface area (Å²) in [6.07, 6.45) is 3.19. The van der Waals surface area contributed by atoms with E-state index >= 15 is 0 Å². The van der Waals surface area contributed by atoms with E-state index in [0.717, 1.165) is 41.6 Å². The molecule has 3 aromatic carbocycles. The fraction of sp³-hybridized carbons (Fsp3) is 0.296. The van der Waals surface area contributed by atoms with E-state index < -0.39 is 20.2 Å². The molecular weight excluding hydrogens is 593 g/mol. The number of thioether (sulfide) groups is 1. The van der Waals surface area contributed by atoms with E-state index in [2.05, 4.69) is 34.9 Å². The second-order valence-corrected chi connectivity index (χ2v) is 14.7. The minimum Gasteiger partial charge on any atom is -0.497 e. The standard InChI is InChI=1S/C27H28N2O7S4/c1-36-20-10-12-23-22(17-20)28(14-6-16-40(33,34)35)25(37-23)18-26-29(13-4-5-15-39(30,31)32)27-21-8-3-2-7-19(21)9-11-24(27)38-26/h2-3,7-12,17-18H,4-6,13-16H2,1H3,(H-,30,31,32,33,34,35)/p+1. The highest BCUT2D eigenvalue weighted by atomic mass is 32.2. The molecule has 4 aromatic rings. The molecule has 0 amide bonds. The number of benzene rings is 3. The van der Waals surface area contributed by atoms with Crippen molar-refractivity contribution in [3.8, 4) is 5.75 Å². The van der Waals surface area contributed by atoms with Gasteiger partial charge in [0.05, 0.1) is 40.8 Å². The van der Waals surface area contributed by atoms with Crippen LogP contribution in [0.4, 0.5) is 5.69 Å². The minimum absolute atomic E-state index is 0.236. The van der Waals surface area contributed by atoms with Crippen molar-refractivity contribution in [2.45, 2.75) is 30.7 Å². The molecule has 212 valence electrons. The Bertz CT molecular complexity index is 1820. The highest BCUT2D eigenvalue weighted by molar-refractivity contribution is 8.04. The predicted molar refractivity (Wildman–Crippen MR) is 160 cm³/mol. The van der Waals surface area contributed by atoms with Gasteiger partial charge in [0.1, 0.15) is 10.4 Å². The number of hydrogen-bond donors (Lipinski definition) is 2. The van der Waals surface area contributed by atoms with E-state index in [1.54, 1.807) is 30.2 Å². The summed E-state index contributed by atoms with van der Waals surface area (Å²) in [7, 11) is -6.53. The zero-order chi connectivity index (χ0) is 28.5. The van der Waals surface area contributed by atoms with Gasteiger partial charge in [0.25, 0.3) is 25.2 Å². The third kappa shape index (κ3) is 6.61. The molecule has 2 N–H and O–H groups in total. The maximum absolute atomic E-state index is 11.4. The van der Waals surface area contributed by atoms with Crippen molar-refractivity contribution in [2.75, 3.05) is 30.1 Å². The first-order valence-corrected chi connectivity index (χ1v) is 17.5. The van der Waals surface area contributed by atoms with E-state index in [1.807, 2.05) is 35.2 Å². The summed E-state index contributed by atoms with van der Waals surface area (Å²) in [5.74, 6) is 0.0488. The van der Waals surface area contributed by atoms with Crippen LogP contribution in [0.25, 0.3) is 27.1 Å². The topological polar surface area (TPSA) is 125 Å². The number of hydrogen-bond acceptors (Lipinski definition) is 8. The average Bonchev–Trinajstić information content (AvgIpc) is 3.42. The normalized spacial score (nSPS) is 14.9. The quantitative estimate of drug-likeness (QED) is 0.132. The van der Waals surface area contributed by atoms with E-state index in [4.69, 9.17) is 4.74 Å². The van der Waals surface area contributed by atoms with Crippen molar-refractivity contribution in [2.24, 2.45) is 0 Å². The summed E-state index contributed by atoms with van der Waals surface area (Å²) >= 11 is 3.19. The van der Waals surface area contributed by atoms with Crippen LogP contribution in [-0.4, -0.2) is 51.1 Å². The third-order valence-corrected chi connectivity index (χ3v) is 10.4. The van der Waals surface area contributed by atoms with Gasteiger partial charge in [0.2, 0.25) is 5.52 Å². The molecule has 0 spiro atoms. The average molecular weight is 622 g/mol. The number of anilines is 1. The molecule has 0 saturated heterocycles. The molecule has 0 bridgehead atoms. The van der Waals surface area contributed by atoms with Gasteiger partial charge in [-0.15, -0.1) is 0 Å². The maximum atomic E-state index is 11.4. The van der Waals surface area contributed by atoms with Gasteiger partial charge in [0, 0.05) is 23.9 Å². The fourth-order valence-electron chi connectivity index (χ4n) is 4.81. The van der Waals surface area contributed by atoms with Crippen molar-refractivity contribution < 1.29 is 35.2 Å². The van der Waals surface area contributed by atoms with Crippen molar-refractivity contribution >= 4 is 76.1 Å². The van der Waals surface area contributed by atoms with Crippen LogP contribution in [-0.2, 0) is 26.8 Å². The molecule has 5 rings (SSSR count). The van der Waals surface area contributed by atoms with Gasteiger partial charge in [0.15, 0.2) is 6.54 Å². The molecule has 0 radical (unpaired) electrons. The minimum atomic E-state index is -4.09. The lowest BCUT2D eigenvalue weighted by Gasteiger charge is -2.20. The predicted octanol–water partition coefficient (Wildman–Crippen LogP) is 5.21. The Kier molecular flexibility index (Phi) is 8.41. The highest BCUT2D eigenvalue weighted by Crippen LogP contribution is 2.48. The summed E-state index contributed by atoms with van der Waals surface area (Å²) in [5.41, 5.74) is 1.96. The molecule has 40 heavy (non-hydrogen) atoms. The Hall–Kier alpha value is -2.68. The molecule has 13 heteroatoms. The number of rotatable bonds is 11. The van der Waals surface area contributed by atoms with Crippen LogP contribution in [0.3, 0.4) is 0 Å². The monoisotopic (exact) mass is 621 g/mol. The Morgan fingerprint density at radius 1 is 0.950 bits per heavy atom. The molecule has 0 aliphatic carbocycles. The van der Waals surface area contributed by atoms with Gasteiger partial charge in [-0.25, -0.2) is 0 Å². The second kappa shape index (κ2) is 11.7. The van der Waals surface area contributed by atoms with Crippen molar-refractivity contribution in [1.82, 2.24) is 0 Å². The summed E-state index contributed by atoms with van der Waals surface area (Å²) in [6.45, 7) is 0.928. The van der Waals surface area contributed by atoms with Crippen molar-refractivity contribution in [3.63, 3.8) is 0 Å². The molecule has 9 nitrogen and oxygen atoms in total. The molecule has 0 saturated carbocycles. The Morgan fingerprint density at radius 3 is 2.45 bits per heavy atom. The largest absolute Gasteiger partial charge is 0.497 e. The number of methoxy groups -OCH3 is 1. The molecule has 0 fully saturated rings. The summed E-state index contributed by atoms with van der Waals surface area (Å²) in [5, 5.41) is 4.05. The SMILES string of the molecule is COc1ccc2c(c1)N(CCCS(=O)(=O)O)C(=Cc1sc3ccc4ccccc4c3[n+]1CCCCS(=O)(=O)O)S2. The Labute approximate surface area is 241 Å². The zero-order valence-corrected chi connectivity index (χ0v) is 25.0. The molecule has 2 heterocycles. The summed E-state index contributed by atoms with van der Waals surface area (Å²) < 4.78 is 72.6. The van der Waals surface area contributed by atoms with Gasteiger partial charge in [-0.1, -0.05) is 47.4 Å². The molecule has 1 aliphatic rings. The molecule has 1 aromatic heterocycles. The van der Waals surface area contributed by atoms with Crippen LogP contribution in [0.2, 0.25) is 0 Å². The molecule has 0 unspecified atom stereocenters. The number of unbranched alkanes of at least 4 members (excludes halogenated alkanes) is 1. The van der Waals surface area contributed by atoms with Crippen molar-refractivity contribution in [3.05, 3.63) is 64.6 Å². The van der Waals surface area contributed by atoms with Gasteiger partial charge < -0.3 is 9.64 Å².